The highest BCUT2D eigenvalue weighted by Crippen LogP contribution is 2.10. The van der Waals surface area contributed by atoms with Gasteiger partial charge in [0.1, 0.15) is 5.82 Å². The topological polar surface area (TPSA) is 111 Å². The van der Waals surface area contributed by atoms with Gasteiger partial charge in [-0.2, -0.15) is 0 Å². The standard InChI is InChI=1S/C11H16FN3O3/c12-10-3-7(11(13)15-18)1-2-8(10)4-14-5-9(17)6-16/h1-3,9,14,16-18H,4-6H2,(H2,13,15). The van der Waals surface area contributed by atoms with Crippen molar-refractivity contribution < 1.29 is 19.8 Å². The Morgan fingerprint density at radius 2 is 2.22 bits per heavy atom. The third kappa shape index (κ3) is 3.95. The average Bonchev–Trinajstić information content (AvgIpc) is 2.39. The maximum Gasteiger partial charge on any atom is 0.170 e. The highest BCUT2D eigenvalue weighted by atomic mass is 19.1. The van der Waals surface area contributed by atoms with Gasteiger partial charge in [0.25, 0.3) is 0 Å². The van der Waals surface area contributed by atoms with Crippen molar-refractivity contribution >= 4 is 5.84 Å². The lowest BCUT2D eigenvalue weighted by atomic mass is 10.1. The first-order valence-electron chi connectivity index (χ1n) is 5.34. The smallest absolute Gasteiger partial charge is 0.170 e. The minimum Gasteiger partial charge on any atom is -0.409 e. The lowest BCUT2D eigenvalue weighted by Crippen LogP contribution is -2.29. The lowest BCUT2D eigenvalue weighted by Gasteiger charge is -2.10. The van der Waals surface area contributed by atoms with Gasteiger partial charge in [-0.25, -0.2) is 4.39 Å². The Hall–Kier alpha value is -1.70. The third-order valence-corrected chi connectivity index (χ3v) is 2.36. The van der Waals surface area contributed by atoms with Crippen LogP contribution in [0.25, 0.3) is 0 Å². The summed E-state index contributed by atoms with van der Waals surface area (Å²) in [4.78, 5) is 0. The van der Waals surface area contributed by atoms with Crippen molar-refractivity contribution in [2.24, 2.45) is 10.9 Å². The molecule has 0 aromatic heterocycles. The SMILES string of the molecule is NC(=NO)c1ccc(CNCC(O)CO)c(F)c1. The molecular weight excluding hydrogens is 241 g/mol. The molecule has 0 amide bonds. The number of nitrogens with one attached hydrogen (secondary N) is 1. The minimum atomic E-state index is -0.871. The van der Waals surface area contributed by atoms with Gasteiger partial charge in [-0.05, 0) is 6.07 Å². The molecule has 0 radical (unpaired) electrons. The zero-order chi connectivity index (χ0) is 13.5. The van der Waals surface area contributed by atoms with Crippen LogP contribution in [0.2, 0.25) is 0 Å². The fourth-order valence-electron chi connectivity index (χ4n) is 1.35. The number of amidine groups is 1. The van der Waals surface area contributed by atoms with Crippen LogP contribution >= 0.6 is 0 Å². The second-order valence-corrected chi connectivity index (χ2v) is 3.76. The van der Waals surface area contributed by atoms with E-state index >= 15 is 0 Å². The Morgan fingerprint density at radius 3 is 2.78 bits per heavy atom. The van der Waals surface area contributed by atoms with Crippen LogP contribution in [0.4, 0.5) is 4.39 Å². The molecule has 1 rings (SSSR count). The van der Waals surface area contributed by atoms with Crippen LogP contribution in [0.5, 0.6) is 0 Å². The Balaban J connectivity index is 2.63. The summed E-state index contributed by atoms with van der Waals surface area (Å²) in [6, 6.07) is 4.19. The van der Waals surface area contributed by atoms with Crippen LogP contribution in [0, 0.1) is 5.82 Å². The maximum absolute atomic E-state index is 13.6. The first kappa shape index (κ1) is 14.4. The van der Waals surface area contributed by atoms with Crippen molar-refractivity contribution in [1.29, 1.82) is 0 Å². The zero-order valence-electron chi connectivity index (χ0n) is 9.67. The maximum atomic E-state index is 13.6. The van der Waals surface area contributed by atoms with Crippen LogP contribution in [-0.2, 0) is 6.54 Å². The molecule has 0 aliphatic carbocycles. The number of hydrogen-bond donors (Lipinski definition) is 5. The molecule has 100 valence electrons. The Morgan fingerprint density at radius 1 is 1.50 bits per heavy atom. The van der Waals surface area contributed by atoms with E-state index in [1.165, 1.54) is 12.1 Å². The summed E-state index contributed by atoms with van der Waals surface area (Å²) in [5.74, 6) is -0.658. The summed E-state index contributed by atoms with van der Waals surface area (Å²) in [7, 11) is 0. The van der Waals surface area contributed by atoms with E-state index in [2.05, 4.69) is 10.5 Å². The summed E-state index contributed by atoms with van der Waals surface area (Å²) in [6.07, 6.45) is -0.871. The van der Waals surface area contributed by atoms with Gasteiger partial charge in [0.2, 0.25) is 0 Å². The molecule has 6 nitrogen and oxygen atoms in total. The van der Waals surface area contributed by atoms with E-state index in [9.17, 15) is 4.39 Å². The van der Waals surface area contributed by atoms with E-state index in [0.29, 0.717) is 5.56 Å². The van der Waals surface area contributed by atoms with Crippen molar-refractivity contribution in [3.8, 4) is 0 Å². The zero-order valence-corrected chi connectivity index (χ0v) is 9.67. The van der Waals surface area contributed by atoms with Crippen LogP contribution in [0.3, 0.4) is 0 Å². The largest absolute Gasteiger partial charge is 0.409 e. The van der Waals surface area contributed by atoms with E-state index in [4.69, 9.17) is 21.2 Å². The van der Waals surface area contributed by atoms with Gasteiger partial charge in [-0.1, -0.05) is 17.3 Å². The van der Waals surface area contributed by atoms with Crippen LogP contribution in [0.15, 0.2) is 23.4 Å². The summed E-state index contributed by atoms with van der Waals surface area (Å²) < 4.78 is 13.6. The first-order valence-corrected chi connectivity index (χ1v) is 5.34. The van der Waals surface area contributed by atoms with E-state index in [1.807, 2.05) is 0 Å². The normalized spacial score (nSPS) is 13.6. The van der Waals surface area contributed by atoms with Crippen LogP contribution < -0.4 is 11.1 Å². The molecule has 1 atom stereocenters. The van der Waals surface area contributed by atoms with Gasteiger partial charge in [0.05, 0.1) is 12.7 Å². The second-order valence-electron chi connectivity index (χ2n) is 3.76. The summed E-state index contributed by atoms with van der Waals surface area (Å²) in [5, 5.41) is 31.7. The number of halogens is 1. The molecule has 0 aliphatic rings. The van der Waals surface area contributed by atoms with Gasteiger partial charge >= 0.3 is 0 Å². The van der Waals surface area contributed by atoms with Crippen LogP contribution in [0.1, 0.15) is 11.1 Å². The molecule has 0 fully saturated rings. The third-order valence-electron chi connectivity index (χ3n) is 2.36. The molecule has 0 aliphatic heterocycles. The number of oxime groups is 1. The van der Waals surface area contributed by atoms with Crippen molar-refractivity contribution in [1.82, 2.24) is 5.32 Å². The molecule has 0 saturated heterocycles. The van der Waals surface area contributed by atoms with E-state index < -0.39 is 11.9 Å². The summed E-state index contributed by atoms with van der Waals surface area (Å²) in [5.41, 5.74) is 6.00. The highest BCUT2D eigenvalue weighted by Gasteiger charge is 2.07. The quantitative estimate of drug-likeness (QED) is 0.201. The van der Waals surface area contributed by atoms with E-state index in [-0.39, 0.29) is 31.1 Å². The summed E-state index contributed by atoms with van der Waals surface area (Å²) in [6.45, 7) is 0.0230. The van der Waals surface area contributed by atoms with Crippen molar-refractivity contribution in [3.05, 3.63) is 35.1 Å². The highest BCUT2D eigenvalue weighted by molar-refractivity contribution is 5.97. The van der Waals surface area contributed by atoms with Gasteiger partial charge in [-0.3, -0.25) is 0 Å². The number of nitrogens with two attached hydrogens (primary N) is 1. The van der Waals surface area contributed by atoms with Gasteiger partial charge in [-0.15, -0.1) is 0 Å². The van der Waals surface area contributed by atoms with Crippen molar-refractivity contribution in [2.45, 2.75) is 12.6 Å². The number of rotatable bonds is 6. The molecule has 0 heterocycles. The van der Waals surface area contributed by atoms with Crippen LogP contribution in [-0.4, -0.2) is 40.5 Å². The number of aliphatic hydroxyl groups is 2. The van der Waals surface area contributed by atoms with Gasteiger partial charge in [0.15, 0.2) is 5.84 Å². The molecule has 0 spiro atoms. The summed E-state index contributed by atoms with van der Waals surface area (Å²) >= 11 is 0. The van der Waals surface area contributed by atoms with Gasteiger partial charge in [0, 0.05) is 24.2 Å². The van der Waals surface area contributed by atoms with Crippen molar-refractivity contribution in [3.63, 3.8) is 0 Å². The molecule has 0 saturated carbocycles. The molecular formula is C11H16FN3O3. The van der Waals surface area contributed by atoms with E-state index in [1.54, 1.807) is 0 Å². The predicted octanol–water partition coefficient (Wildman–Crippen LogP) is -0.637. The molecule has 1 aromatic carbocycles. The first-order chi connectivity index (χ1) is 8.58. The van der Waals surface area contributed by atoms with Crippen molar-refractivity contribution in [2.75, 3.05) is 13.2 Å². The van der Waals surface area contributed by atoms with E-state index in [0.717, 1.165) is 6.07 Å². The minimum absolute atomic E-state index is 0.163. The number of nitrogens with zero attached hydrogens (tertiary/aromatic N) is 1. The number of benzene rings is 1. The number of aliphatic hydroxyl groups excluding tert-OH is 2. The second kappa shape index (κ2) is 6.90. The van der Waals surface area contributed by atoms with Gasteiger partial charge < -0.3 is 26.5 Å². The Bertz CT molecular complexity index is 426. The number of hydrogen-bond acceptors (Lipinski definition) is 5. The molecule has 0 bridgehead atoms. The fourth-order valence-corrected chi connectivity index (χ4v) is 1.35. The molecule has 1 unspecified atom stereocenters. The molecule has 6 N–H and O–H groups in total. The molecule has 7 heteroatoms. The fraction of sp³-hybridized carbons (Fsp3) is 0.364. The lowest BCUT2D eigenvalue weighted by molar-refractivity contribution is 0.0941. The molecule has 1 aromatic rings. The predicted molar refractivity (Wildman–Crippen MR) is 63.7 cm³/mol. The molecule has 18 heavy (non-hydrogen) atoms. The Labute approximate surface area is 104 Å². The monoisotopic (exact) mass is 257 g/mol. The Kier molecular flexibility index (Phi) is 5.50. The average molecular weight is 257 g/mol.